The second-order valence-corrected chi connectivity index (χ2v) is 7.64. The maximum absolute atomic E-state index is 13.3. The van der Waals surface area contributed by atoms with Crippen LogP contribution in [0.2, 0.25) is 0 Å². The molecule has 0 aliphatic carbocycles. The highest BCUT2D eigenvalue weighted by Gasteiger charge is 2.22. The minimum Gasteiger partial charge on any atom is -0.494 e. The summed E-state index contributed by atoms with van der Waals surface area (Å²) in [5.41, 5.74) is 2.56. The van der Waals surface area contributed by atoms with Gasteiger partial charge in [0.15, 0.2) is 5.13 Å². The lowest BCUT2D eigenvalue weighted by Crippen LogP contribution is -2.37. The van der Waals surface area contributed by atoms with Gasteiger partial charge in [0.25, 0.3) is 5.91 Å². The highest BCUT2D eigenvalue weighted by atomic mass is 32.1. The van der Waals surface area contributed by atoms with Crippen molar-refractivity contribution in [3.05, 3.63) is 53.6 Å². The molecule has 3 aromatic rings. The van der Waals surface area contributed by atoms with Crippen LogP contribution in [0.3, 0.4) is 0 Å². The number of carbonyl (C=O) groups is 1. The zero-order valence-corrected chi connectivity index (χ0v) is 17.0. The SMILES string of the molecule is CCOc1ccc2nc(N(CCN(C)C)C(=O)c3ccccc3C)sc2c1. The van der Waals surface area contributed by atoms with Gasteiger partial charge in [0.1, 0.15) is 5.75 Å². The Bertz CT molecular complexity index is 936. The molecule has 0 spiro atoms. The second-order valence-electron chi connectivity index (χ2n) is 6.63. The Morgan fingerprint density at radius 1 is 1.15 bits per heavy atom. The number of ether oxygens (including phenoxy) is 1. The van der Waals surface area contributed by atoms with E-state index in [0.717, 1.165) is 28.1 Å². The average molecular weight is 384 g/mol. The molecule has 0 saturated heterocycles. The summed E-state index contributed by atoms with van der Waals surface area (Å²) in [5.74, 6) is 0.810. The number of fused-ring (bicyclic) bond motifs is 1. The second kappa shape index (κ2) is 8.50. The number of amides is 1. The fraction of sp³-hybridized carbons (Fsp3) is 0.333. The molecule has 0 saturated carbocycles. The van der Waals surface area contributed by atoms with Gasteiger partial charge in [0.05, 0.1) is 16.8 Å². The van der Waals surface area contributed by atoms with E-state index >= 15 is 0 Å². The van der Waals surface area contributed by atoms with E-state index in [0.29, 0.717) is 23.8 Å². The Kier molecular flexibility index (Phi) is 6.08. The lowest BCUT2D eigenvalue weighted by atomic mass is 10.1. The monoisotopic (exact) mass is 383 g/mol. The number of rotatable bonds is 7. The first-order valence-electron chi connectivity index (χ1n) is 9.05. The molecule has 0 radical (unpaired) electrons. The highest BCUT2D eigenvalue weighted by molar-refractivity contribution is 7.22. The first kappa shape index (κ1) is 19.3. The lowest BCUT2D eigenvalue weighted by molar-refractivity contribution is 0.0984. The number of hydrogen-bond donors (Lipinski definition) is 0. The summed E-state index contributed by atoms with van der Waals surface area (Å²) in [5, 5.41) is 0.716. The molecule has 0 fully saturated rings. The number of thiazole rings is 1. The molecular weight excluding hydrogens is 358 g/mol. The normalized spacial score (nSPS) is 11.1. The highest BCUT2D eigenvalue weighted by Crippen LogP contribution is 2.32. The van der Waals surface area contributed by atoms with Gasteiger partial charge in [0.2, 0.25) is 0 Å². The number of benzene rings is 2. The van der Waals surface area contributed by atoms with E-state index < -0.39 is 0 Å². The summed E-state index contributed by atoms with van der Waals surface area (Å²) in [4.78, 5) is 21.8. The number of anilines is 1. The van der Waals surface area contributed by atoms with Gasteiger partial charge in [-0.2, -0.15) is 0 Å². The van der Waals surface area contributed by atoms with Crippen molar-refractivity contribution < 1.29 is 9.53 Å². The van der Waals surface area contributed by atoms with Crippen molar-refractivity contribution in [1.29, 1.82) is 0 Å². The van der Waals surface area contributed by atoms with E-state index in [1.165, 1.54) is 11.3 Å². The summed E-state index contributed by atoms with van der Waals surface area (Å²) >= 11 is 1.52. The molecule has 1 amide bonds. The van der Waals surface area contributed by atoms with Crippen LogP contribution in [0.5, 0.6) is 5.75 Å². The minimum absolute atomic E-state index is 0.0148. The van der Waals surface area contributed by atoms with Crippen molar-refractivity contribution >= 4 is 32.6 Å². The van der Waals surface area contributed by atoms with Crippen molar-refractivity contribution in [1.82, 2.24) is 9.88 Å². The summed E-state index contributed by atoms with van der Waals surface area (Å²) in [6, 6.07) is 13.5. The van der Waals surface area contributed by atoms with Gasteiger partial charge in [-0.3, -0.25) is 9.69 Å². The average Bonchev–Trinajstić information content (AvgIpc) is 3.05. The zero-order valence-electron chi connectivity index (χ0n) is 16.2. The number of aromatic nitrogens is 1. The lowest BCUT2D eigenvalue weighted by Gasteiger charge is -2.22. The number of hydrogen-bond acceptors (Lipinski definition) is 5. The molecule has 142 valence electrons. The Balaban J connectivity index is 1.98. The van der Waals surface area contributed by atoms with Crippen LogP contribution in [0.15, 0.2) is 42.5 Å². The summed E-state index contributed by atoms with van der Waals surface area (Å²) in [7, 11) is 4.01. The molecule has 0 aliphatic heterocycles. The molecule has 27 heavy (non-hydrogen) atoms. The Labute approximate surface area is 164 Å². The third-order valence-electron chi connectivity index (χ3n) is 4.28. The van der Waals surface area contributed by atoms with Crippen molar-refractivity contribution in [3.63, 3.8) is 0 Å². The molecule has 0 bridgehead atoms. The largest absolute Gasteiger partial charge is 0.494 e. The maximum atomic E-state index is 13.3. The van der Waals surface area contributed by atoms with Crippen LogP contribution in [0.1, 0.15) is 22.8 Å². The van der Waals surface area contributed by atoms with Gasteiger partial charge in [-0.25, -0.2) is 4.98 Å². The summed E-state index contributed by atoms with van der Waals surface area (Å²) in [6.07, 6.45) is 0. The van der Waals surface area contributed by atoms with E-state index in [1.807, 2.05) is 70.4 Å². The predicted octanol–water partition coefficient (Wildman–Crippen LogP) is 4.21. The molecule has 0 aliphatic rings. The molecule has 0 unspecified atom stereocenters. The molecule has 1 aromatic heterocycles. The van der Waals surface area contributed by atoms with Crippen LogP contribution in [-0.4, -0.2) is 49.6 Å². The van der Waals surface area contributed by atoms with Crippen molar-refractivity contribution in [2.75, 3.05) is 38.7 Å². The maximum Gasteiger partial charge on any atom is 0.260 e. The number of nitrogens with zero attached hydrogens (tertiary/aromatic N) is 3. The van der Waals surface area contributed by atoms with E-state index in [-0.39, 0.29) is 5.91 Å². The number of aryl methyl sites for hydroxylation is 1. The van der Waals surface area contributed by atoms with E-state index in [9.17, 15) is 4.79 Å². The smallest absolute Gasteiger partial charge is 0.260 e. The Hall–Kier alpha value is -2.44. The number of carbonyl (C=O) groups excluding carboxylic acids is 1. The topological polar surface area (TPSA) is 45.7 Å². The van der Waals surface area contributed by atoms with Gasteiger partial charge >= 0.3 is 0 Å². The fourth-order valence-corrected chi connectivity index (χ4v) is 3.83. The zero-order chi connectivity index (χ0) is 19.4. The molecule has 5 nitrogen and oxygen atoms in total. The summed E-state index contributed by atoms with van der Waals surface area (Å²) < 4.78 is 6.60. The van der Waals surface area contributed by atoms with E-state index in [1.54, 1.807) is 4.90 Å². The van der Waals surface area contributed by atoms with Gasteiger partial charge in [-0.1, -0.05) is 29.5 Å². The summed E-state index contributed by atoms with van der Waals surface area (Å²) in [6.45, 7) is 5.89. The molecule has 0 N–H and O–H groups in total. The van der Waals surface area contributed by atoms with Crippen LogP contribution >= 0.6 is 11.3 Å². The fourth-order valence-electron chi connectivity index (χ4n) is 2.81. The van der Waals surface area contributed by atoms with E-state index in [2.05, 4.69) is 4.90 Å². The quantitative estimate of drug-likeness (QED) is 0.613. The first-order valence-corrected chi connectivity index (χ1v) is 9.87. The van der Waals surface area contributed by atoms with E-state index in [4.69, 9.17) is 9.72 Å². The standard InChI is InChI=1S/C21H25N3O2S/c1-5-26-16-10-11-18-19(14-16)27-21(22-18)24(13-12-23(3)4)20(25)17-9-7-6-8-15(17)2/h6-11,14H,5,12-13H2,1-4H3. The molecule has 3 rings (SSSR count). The van der Waals surface area contributed by atoms with Gasteiger partial charge in [-0.15, -0.1) is 0 Å². The molecule has 0 atom stereocenters. The Morgan fingerprint density at radius 3 is 2.63 bits per heavy atom. The van der Waals surface area contributed by atoms with Crippen LogP contribution in [0, 0.1) is 6.92 Å². The molecule has 1 heterocycles. The minimum atomic E-state index is -0.0148. The Morgan fingerprint density at radius 2 is 1.93 bits per heavy atom. The molecular formula is C21H25N3O2S. The third kappa shape index (κ3) is 4.46. The van der Waals surface area contributed by atoms with Crippen LogP contribution in [0.4, 0.5) is 5.13 Å². The molecule has 2 aromatic carbocycles. The molecule has 6 heteroatoms. The van der Waals surface area contributed by atoms with Crippen LogP contribution in [0.25, 0.3) is 10.2 Å². The number of likely N-dealkylation sites (N-methyl/N-ethyl adjacent to an activating group) is 1. The van der Waals surface area contributed by atoms with Gasteiger partial charge in [0, 0.05) is 18.7 Å². The van der Waals surface area contributed by atoms with Crippen LogP contribution in [-0.2, 0) is 0 Å². The van der Waals surface area contributed by atoms with Crippen molar-refractivity contribution in [2.24, 2.45) is 0 Å². The third-order valence-corrected chi connectivity index (χ3v) is 5.32. The van der Waals surface area contributed by atoms with Crippen molar-refractivity contribution in [3.8, 4) is 5.75 Å². The predicted molar refractivity (Wildman–Crippen MR) is 112 cm³/mol. The van der Waals surface area contributed by atoms with Crippen LogP contribution < -0.4 is 9.64 Å². The van der Waals surface area contributed by atoms with Gasteiger partial charge in [-0.05, 0) is 57.8 Å². The van der Waals surface area contributed by atoms with Crippen molar-refractivity contribution in [2.45, 2.75) is 13.8 Å². The van der Waals surface area contributed by atoms with Gasteiger partial charge < -0.3 is 9.64 Å². The first-order chi connectivity index (χ1) is 13.0.